The second kappa shape index (κ2) is 7.88. The molecule has 2 heterocycles. The zero-order chi connectivity index (χ0) is 20.4. The lowest BCUT2D eigenvalue weighted by atomic mass is 10.2. The number of sulfonamides is 1. The summed E-state index contributed by atoms with van der Waals surface area (Å²) in [5.41, 5.74) is -0.0553. The predicted octanol–water partition coefficient (Wildman–Crippen LogP) is 2.63. The fraction of sp³-hybridized carbons (Fsp3) is 0.368. The van der Waals surface area contributed by atoms with Crippen LogP contribution in [0.15, 0.2) is 47.4 Å². The van der Waals surface area contributed by atoms with Crippen molar-refractivity contribution in [3.63, 3.8) is 0 Å². The van der Waals surface area contributed by atoms with Gasteiger partial charge in [-0.05, 0) is 37.1 Å². The maximum atomic E-state index is 12.7. The Kier molecular flexibility index (Phi) is 5.29. The minimum atomic E-state index is -3.72. The molecule has 0 aliphatic carbocycles. The van der Waals surface area contributed by atoms with Gasteiger partial charge in [0.05, 0.1) is 16.4 Å². The third-order valence-electron chi connectivity index (χ3n) is 4.96. The molecule has 0 bridgehead atoms. The van der Waals surface area contributed by atoms with Crippen molar-refractivity contribution in [2.45, 2.75) is 23.8 Å². The van der Waals surface area contributed by atoms with Crippen LogP contribution in [0, 0.1) is 10.1 Å². The van der Waals surface area contributed by atoms with Gasteiger partial charge in [0.2, 0.25) is 10.0 Å². The molecule has 2 aliphatic heterocycles. The third-order valence-corrected chi connectivity index (χ3v) is 6.85. The third kappa shape index (κ3) is 3.99. The first-order valence-corrected chi connectivity index (χ1v) is 10.8. The van der Waals surface area contributed by atoms with Gasteiger partial charge in [-0.3, -0.25) is 10.1 Å². The molecule has 1 atom stereocenters. The lowest BCUT2D eigenvalue weighted by Crippen LogP contribution is -2.35. The highest BCUT2D eigenvalue weighted by Crippen LogP contribution is 2.32. The molecule has 4 rings (SSSR count). The van der Waals surface area contributed by atoms with Crippen LogP contribution < -0.4 is 14.8 Å². The van der Waals surface area contributed by atoms with E-state index in [1.54, 1.807) is 6.07 Å². The highest BCUT2D eigenvalue weighted by atomic mass is 32.2. The zero-order valence-electron chi connectivity index (χ0n) is 15.6. The number of hydrogen-bond acceptors (Lipinski definition) is 7. The molecule has 1 fully saturated rings. The largest absolute Gasteiger partial charge is 0.486 e. The van der Waals surface area contributed by atoms with Crippen molar-refractivity contribution in [2.75, 3.05) is 31.6 Å². The Morgan fingerprint density at radius 2 is 1.86 bits per heavy atom. The number of fused-ring (bicyclic) bond motifs is 1. The van der Waals surface area contributed by atoms with Crippen molar-refractivity contribution in [3.05, 3.63) is 52.6 Å². The van der Waals surface area contributed by atoms with E-state index >= 15 is 0 Å². The van der Waals surface area contributed by atoms with E-state index in [-0.39, 0.29) is 28.9 Å². The summed E-state index contributed by atoms with van der Waals surface area (Å²) in [6.45, 7) is 1.46. The predicted molar refractivity (Wildman–Crippen MR) is 106 cm³/mol. The number of anilines is 1. The monoisotopic (exact) mass is 419 g/mol. The van der Waals surface area contributed by atoms with Crippen LogP contribution in [0.25, 0.3) is 0 Å². The van der Waals surface area contributed by atoms with E-state index in [9.17, 15) is 18.5 Å². The van der Waals surface area contributed by atoms with E-state index in [0.717, 1.165) is 18.9 Å². The number of nitro groups is 1. The van der Waals surface area contributed by atoms with Gasteiger partial charge in [0.25, 0.3) is 5.69 Å². The Labute approximate surface area is 168 Å². The lowest BCUT2D eigenvalue weighted by Gasteiger charge is -2.26. The number of nitrogens with zero attached hydrogens (tertiary/aromatic N) is 2. The molecule has 0 saturated carbocycles. The van der Waals surface area contributed by atoms with Crippen molar-refractivity contribution in [1.29, 1.82) is 0 Å². The maximum Gasteiger partial charge on any atom is 0.293 e. The molecule has 29 heavy (non-hydrogen) atoms. The summed E-state index contributed by atoms with van der Waals surface area (Å²) in [6, 6.07) is 11.2. The average molecular weight is 419 g/mol. The van der Waals surface area contributed by atoms with Crippen LogP contribution in [0.5, 0.6) is 11.5 Å². The zero-order valence-corrected chi connectivity index (χ0v) is 16.4. The Morgan fingerprint density at radius 3 is 2.59 bits per heavy atom. The van der Waals surface area contributed by atoms with Gasteiger partial charge in [0, 0.05) is 19.2 Å². The van der Waals surface area contributed by atoms with Gasteiger partial charge in [-0.1, -0.05) is 12.1 Å². The molecule has 9 nitrogen and oxygen atoms in total. The van der Waals surface area contributed by atoms with Crippen LogP contribution >= 0.6 is 0 Å². The van der Waals surface area contributed by atoms with Crippen LogP contribution in [0.2, 0.25) is 0 Å². The minimum absolute atomic E-state index is 0.0668. The molecule has 1 N–H and O–H groups in total. The molecule has 2 aromatic rings. The van der Waals surface area contributed by atoms with Crippen molar-refractivity contribution >= 4 is 21.4 Å². The smallest absolute Gasteiger partial charge is 0.293 e. The second-order valence-electron chi connectivity index (χ2n) is 6.93. The number of nitro benzene ring substituents is 1. The summed E-state index contributed by atoms with van der Waals surface area (Å²) in [6.07, 6.45) is 1.26. The molecule has 0 radical (unpaired) electrons. The maximum absolute atomic E-state index is 12.7. The number of ether oxygens (including phenoxy) is 2. The molecule has 0 unspecified atom stereocenters. The van der Waals surface area contributed by atoms with E-state index in [1.165, 1.54) is 16.4 Å². The number of para-hydroxylation sites is 2. The molecule has 0 spiro atoms. The van der Waals surface area contributed by atoms with E-state index in [2.05, 4.69) is 5.32 Å². The molecular weight excluding hydrogens is 398 g/mol. The van der Waals surface area contributed by atoms with Gasteiger partial charge in [-0.25, -0.2) is 8.42 Å². The summed E-state index contributed by atoms with van der Waals surface area (Å²) in [5, 5.41) is 14.5. The van der Waals surface area contributed by atoms with Crippen LogP contribution in [-0.4, -0.2) is 50.0 Å². The van der Waals surface area contributed by atoms with Gasteiger partial charge < -0.3 is 14.8 Å². The van der Waals surface area contributed by atoms with E-state index in [1.807, 2.05) is 18.2 Å². The lowest BCUT2D eigenvalue weighted by molar-refractivity contribution is -0.384. The molecule has 2 aliphatic rings. The van der Waals surface area contributed by atoms with Crippen LogP contribution in [0.1, 0.15) is 12.8 Å². The second-order valence-corrected chi connectivity index (χ2v) is 8.86. The van der Waals surface area contributed by atoms with Gasteiger partial charge >= 0.3 is 0 Å². The van der Waals surface area contributed by atoms with Crippen LogP contribution in [0.4, 0.5) is 11.4 Å². The SMILES string of the molecule is O=[N+]([O-])c1cc(S(=O)(=O)N2CCCC2)ccc1NC[C@@H]1COc2ccccc2O1. The van der Waals surface area contributed by atoms with E-state index in [4.69, 9.17) is 9.47 Å². The van der Waals surface area contributed by atoms with E-state index < -0.39 is 14.9 Å². The first kappa shape index (κ1) is 19.5. The van der Waals surface area contributed by atoms with E-state index in [0.29, 0.717) is 31.2 Å². The molecule has 0 amide bonds. The van der Waals surface area contributed by atoms with Gasteiger partial charge in [-0.2, -0.15) is 4.31 Å². The molecular formula is C19H21N3O6S. The Bertz CT molecular complexity index is 1020. The highest BCUT2D eigenvalue weighted by molar-refractivity contribution is 7.89. The topological polar surface area (TPSA) is 111 Å². The quantitative estimate of drug-likeness (QED) is 0.566. The summed E-state index contributed by atoms with van der Waals surface area (Å²) in [5.74, 6) is 1.28. The Morgan fingerprint density at radius 1 is 1.14 bits per heavy atom. The molecule has 0 aromatic heterocycles. The Balaban J connectivity index is 1.50. The first-order chi connectivity index (χ1) is 13.9. The number of benzene rings is 2. The fourth-order valence-electron chi connectivity index (χ4n) is 3.44. The first-order valence-electron chi connectivity index (χ1n) is 9.36. The van der Waals surface area contributed by atoms with Crippen molar-refractivity contribution in [2.24, 2.45) is 0 Å². The van der Waals surface area contributed by atoms with Gasteiger partial charge in [0.1, 0.15) is 18.4 Å². The standard InChI is InChI=1S/C19H21N3O6S/c23-22(24)17-11-15(29(25,26)21-9-3-4-10-21)7-8-16(17)20-12-14-13-27-18-5-1-2-6-19(18)28-14/h1-2,5-8,11,14,20H,3-4,9-10,12-13H2/t14-/m1/s1. The number of nitrogens with one attached hydrogen (secondary N) is 1. The minimum Gasteiger partial charge on any atom is -0.486 e. The average Bonchev–Trinajstić information content (AvgIpc) is 3.27. The summed E-state index contributed by atoms with van der Waals surface area (Å²) in [7, 11) is -3.72. The fourth-order valence-corrected chi connectivity index (χ4v) is 4.98. The van der Waals surface area contributed by atoms with Gasteiger partial charge in [-0.15, -0.1) is 0 Å². The van der Waals surface area contributed by atoms with Crippen LogP contribution in [-0.2, 0) is 10.0 Å². The molecule has 2 aromatic carbocycles. The van der Waals surface area contributed by atoms with Crippen molar-refractivity contribution in [3.8, 4) is 11.5 Å². The normalized spacial score (nSPS) is 19.1. The molecule has 1 saturated heterocycles. The Hall–Kier alpha value is -2.85. The van der Waals surface area contributed by atoms with Crippen molar-refractivity contribution < 1.29 is 22.8 Å². The summed E-state index contributed by atoms with van der Waals surface area (Å²) < 4.78 is 38.2. The summed E-state index contributed by atoms with van der Waals surface area (Å²) >= 11 is 0. The van der Waals surface area contributed by atoms with Gasteiger partial charge in [0.15, 0.2) is 11.5 Å². The van der Waals surface area contributed by atoms with Crippen LogP contribution in [0.3, 0.4) is 0 Å². The number of rotatable bonds is 6. The molecule has 10 heteroatoms. The summed E-state index contributed by atoms with van der Waals surface area (Å²) in [4.78, 5) is 10.9. The number of hydrogen-bond donors (Lipinski definition) is 1. The highest BCUT2D eigenvalue weighted by Gasteiger charge is 2.30. The molecule has 154 valence electrons. The van der Waals surface area contributed by atoms with Crippen molar-refractivity contribution in [1.82, 2.24) is 4.31 Å².